The number of anilines is 1. The molecule has 1 aromatic heterocycles. The van der Waals surface area contributed by atoms with Gasteiger partial charge >= 0.3 is 0 Å². The van der Waals surface area contributed by atoms with E-state index in [1.807, 2.05) is 6.07 Å². The van der Waals surface area contributed by atoms with E-state index in [1.165, 1.54) is 6.07 Å². The van der Waals surface area contributed by atoms with Crippen molar-refractivity contribution in [3.05, 3.63) is 71.7 Å². The monoisotopic (exact) mass is 505 g/mol. The fraction of sp³-hybridized carbons (Fsp3) is 0.500. The Kier molecular flexibility index (Phi) is 7.19. The molecule has 0 amide bonds. The first-order chi connectivity index (χ1) is 18.2. The van der Waals surface area contributed by atoms with Gasteiger partial charge in [-0.25, -0.2) is 14.8 Å². The number of halogens is 1. The van der Waals surface area contributed by atoms with E-state index in [2.05, 4.69) is 55.5 Å². The van der Waals surface area contributed by atoms with Gasteiger partial charge in [0.1, 0.15) is 23.5 Å². The third-order valence-electron chi connectivity index (χ3n) is 7.99. The Labute approximate surface area is 218 Å². The van der Waals surface area contributed by atoms with E-state index in [-0.39, 0.29) is 30.7 Å². The lowest BCUT2D eigenvalue weighted by atomic mass is 10.0. The third-order valence-corrected chi connectivity index (χ3v) is 7.99. The number of piperazine rings is 1. The largest absolute Gasteiger partial charge is 0.396 e. The van der Waals surface area contributed by atoms with Crippen LogP contribution in [-0.4, -0.2) is 89.3 Å². The molecule has 5 heterocycles. The second kappa shape index (κ2) is 10.9. The fourth-order valence-electron chi connectivity index (χ4n) is 6.05. The minimum atomic E-state index is -0.178. The van der Waals surface area contributed by atoms with Crippen LogP contribution in [0.15, 0.2) is 59.6 Å². The number of nitrogens with zero attached hydrogens (tertiary/aromatic N) is 6. The van der Waals surface area contributed by atoms with Crippen LogP contribution in [0.25, 0.3) is 0 Å². The van der Waals surface area contributed by atoms with E-state index in [0.29, 0.717) is 6.54 Å². The van der Waals surface area contributed by atoms with E-state index in [1.54, 1.807) is 12.1 Å². The number of benzene rings is 1. The van der Waals surface area contributed by atoms with Gasteiger partial charge in [-0.15, -0.1) is 0 Å². The number of amidine groups is 1. The molecule has 0 saturated carbocycles. The maximum Gasteiger partial charge on any atom is 0.138 e. The van der Waals surface area contributed by atoms with Gasteiger partial charge in [-0.3, -0.25) is 19.8 Å². The highest BCUT2D eigenvalue weighted by Gasteiger charge is 2.38. The average Bonchev–Trinajstić information content (AvgIpc) is 3.60. The van der Waals surface area contributed by atoms with Crippen LogP contribution in [0, 0.1) is 5.82 Å². The number of aliphatic imine (C=N–C) groups is 1. The Morgan fingerprint density at radius 1 is 1.03 bits per heavy atom. The second-order valence-corrected chi connectivity index (χ2v) is 10.3. The zero-order valence-corrected chi connectivity index (χ0v) is 21.2. The highest BCUT2D eigenvalue weighted by Crippen LogP contribution is 2.36. The number of fused-ring (bicyclic) bond motifs is 1. The molecule has 4 aliphatic heterocycles. The van der Waals surface area contributed by atoms with Crippen molar-refractivity contribution in [1.82, 2.24) is 25.2 Å². The van der Waals surface area contributed by atoms with Crippen molar-refractivity contribution < 1.29 is 9.50 Å². The molecule has 4 aliphatic rings. The fourth-order valence-corrected chi connectivity index (χ4v) is 6.05. The maximum absolute atomic E-state index is 13.9. The van der Waals surface area contributed by atoms with Crippen LogP contribution < -0.4 is 10.3 Å². The van der Waals surface area contributed by atoms with Gasteiger partial charge in [-0.1, -0.05) is 18.2 Å². The summed E-state index contributed by atoms with van der Waals surface area (Å²) >= 11 is 0. The number of aromatic nitrogens is 1. The summed E-state index contributed by atoms with van der Waals surface area (Å²) in [5.74, 6) is 1.78. The molecule has 6 rings (SSSR count). The normalized spacial score (nSPS) is 26.5. The molecule has 37 heavy (non-hydrogen) atoms. The smallest absolute Gasteiger partial charge is 0.138 e. The number of aliphatic hydroxyl groups is 1. The first-order valence-corrected chi connectivity index (χ1v) is 13.5. The van der Waals surface area contributed by atoms with Crippen LogP contribution in [0.5, 0.6) is 0 Å². The molecule has 2 N–H and O–H groups in total. The molecule has 196 valence electrons. The summed E-state index contributed by atoms with van der Waals surface area (Å²) in [5.41, 5.74) is 5.77. The number of hydrogen-bond acceptors (Lipinski definition) is 8. The summed E-state index contributed by atoms with van der Waals surface area (Å²) in [5, 5.41) is 11.3. The van der Waals surface area contributed by atoms with Gasteiger partial charge in [-0.05, 0) is 61.2 Å². The van der Waals surface area contributed by atoms with Crippen LogP contribution in [0.1, 0.15) is 42.6 Å². The van der Waals surface area contributed by atoms with Crippen molar-refractivity contribution in [2.45, 2.75) is 37.5 Å². The SMILES string of the molecule is OCCCN1CCN(c2cccc(C3CN=C4C=CC(N5CCCC5c5cccc(F)c5)NN43)n2)CC1. The van der Waals surface area contributed by atoms with Crippen molar-refractivity contribution in [2.75, 3.05) is 57.3 Å². The summed E-state index contributed by atoms with van der Waals surface area (Å²) in [7, 11) is 0. The minimum absolute atomic E-state index is 0.0190. The van der Waals surface area contributed by atoms with E-state index in [9.17, 15) is 4.39 Å². The Morgan fingerprint density at radius 3 is 2.73 bits per heavy atom. The standard InChI is InChI=1S/C28H36FN7O/c29-22-6-1-5-21(19-22)24-8-3-13-35(24)28-11-10-26-30-20-25(36(26)32-28)23-7-2-9-27(31-23)34-16-14-33(15-17-34)12-4-18-37/h1-2,5-7,9-11,19,24-25,28,32,37H,3-4,8,12-18,20H2. The number of pyridine rings is 1. The summed E-state index contributed by atoms with van der Waals surface area (Å²) in [4.78, 5) is 17.1. The number of rotatable bonds is 7. The predicted molar refractivity (Wildman–Crippen MR) is 143 cm³/mol. The lowest BCUT2D eigenvalue weighted by Gasteiger charge is -2.40. The molecule has 0 radical (unpaired) electrons. The second-order valence-electron chi connectivity index (χ2n) is 10.3. The third kappa shape index (κ3) is 5.13. The molecule has 9 heteroatoms. The van der Waals surface area contributed by atoms with Gasteiger partial charge in [-0.2, -0.15) is 0 Å². The number of hydrazine groups is 1. The van der Waals surface area contributed by atoms with Crippen LogP contribution in [0.4, 0.5) is 10.2 Å². The van der Waals surface area contributed by atoms with Crippen molar-refractivity contribution >= 4 is 11.7 Å². The molecule has 2 fully saturated rings. The molecule has 3 atom stereocenters. The van der Waals surface area contributed by atoms with Crippen molar-refractivity contribution in [3.8, 4) is 0 Å². The van der Waals surface area contributed by atoms with Crippen molar-refractivity contribution in [3.63, 3.8) is 0 Å². The molecule has 8 nitrogen and oxygen atoms in total. The van der Waals surface area contributed by atoms with Gasteiger partial charge in [0.25, 0.3) is 0 Å². The molecular formula is C28H36FN7O. The molecule has 0 aliphatic carbocycles. The summed E-state index contributed by atoms with van der Waals surface area (Å²) in [6.07, 6.45) is 7.25. The Balaban J connectivity index is 1.15. The van der Waals surface area contributed by atoms with Crippen molar-refractivity contribution in [1.29, 1.82) is 0 Å². The zero-order valence-electron chi connectivity index (χ0n) is 21.2. The number of likely N-dealkylation sites (tertiary alicyclic amines) is 1. The predicted octanol–water partition coefficient (Wildman–Crippen LogP) is 2.72. The van der Waals surface area contributed by atoms with Crippen LogP contribution in [-0.2, 0) is 0 Å². The van der Waals surface area contributed by atoms with Gasteiger partial charge in [0, 0.05) is 51.9 Å². The molecule has 1 aromatic carbocycles. The molecule has 2 aromatic rings. The first kappa shape index (κ1) is 24.5. The van der Waals surface area contributed by atoms with Crippen LogP contribution in [0.3, 0.4) is 0 Å². The van der Waals surface area contributed by atoms with Crippen LogP contribution in [0.2, 0.25) is 0 Å². The first-order valence-electron chi connectivity index (χ1n) is 13.5. The van der Waals surface area contributed by atoms with E-state index in [0.717, 1.165) is 81.4 Å². The maximum atomic E-state index is 13.9. The summed E-state index contributed by atoms with van der Waals surface area (Å²) in [6.45, 7) is 6.70. The van der Waals surface area contributed by atoms with E-state index < -0.39 is 0 Å². The lowest BCUT2D eigenvalue weighted by molar-refractivity contribution is 0.104. The Bertz CT molecular complexity index is 1150. The quantitative estimate of drug-likeness (QED) is 0.600. The molecule has 0 spiro atoms. The summed E-state index contributed by atoms with van der Waals surface area (Å²) < 4.78 is 13.9. The highest BCUT2D eigenvalue weighted by atomic mass is 19.1. The zero-order chi connectivity index (χ0) is 25.2. The van der Waals surface area contributed by atoms with E-state index >= 15 is 0 Å². The molecule has 0 bridgehead atoms. The highest BCUT2D eigenvalue weighted by molar-refractivity contribution is 5.95. The van der Waals surface area contributed by atoms with Gasteiger partial charge < -0.3 is 10.0 Å². The summed E-state index contributed by atoms with van der Waals surface area (Å²) in [6, 6.07) is 13.5. The van der Waals surface area contributed by atoms with Gasteiger partial charge in [0.05, 0.1) is 18.4 Å². The van der Waals surface area contributed by atoms with Gasteiger partial charge in [0.2, 0.25) is 0 Å². The number of aliphatic hydroxyl groups excluding tert-OH is 1. The molecule has 3 unspecified atom stereocenters. The number of hydrogen-bond donors (Lipinski definition) is 2. The Hall–Kier alpha value is -2.85. The molecular weight excluding hydrogens is 469 g/mol. The van der Waals surface area contributed by atoms with E-state index in [4.69, 9.17) is 15.1 Å². The lowest BCUT2D eigenvalue weighted by Crippen LogP contribution is -2.56. The topological polar surface area (TPSA) is 70.5 Å². The average molecular weight is 506 g/mol. The minimum Gasteiger partial charge on any atom is -0.396 e. The Morgan fingerprint density at radius 2 is 1.89 bits per heavy atom. The van der Waals surface area contributed by atoms with Crippen molar-refractivity contribution in [2.24, 2.45) is 4.99 Å². The number of nitrogens with one attached hydrogen (secondary N) is 1. The van der Waals surface area contributed by atoms with Gasteiger partial charge in [0.15, 0.2) is 0 Å². The molecule has 2 saturated heterocycles. The van der Waals surface area contributed by atoms with Crippen LogP contribution >= 0.6 is 0 Å².